The fourth-order valence-corrected chi connectivity index (χ4v) is 1.76. The van der Waals surface area contributed by atoms with Crippen LogP contribution in [0.15, 0.2) is 30.5 Å². The lowest BCUT2D eigenvalue weighted by molar-refractivity contribution is 1.21. The number of aryl methyl sites for hydroxylation is 1. The first-order chi connectivity index (χ1) is 7.72. The van der Waals surface area contributed by atoms with Crippen LogP contribution in [0.2, 0.25) is 0 Å². The van der Waals surface area contributed by atoms with E-state index in [0.29, 0.717) is 5.65 Å². The summed E-state index contributed by atoms with van der Waals surface area (Å²) in [5.41, 5.74) is 8.31. The molecule has 0 amide bonds. The fraction of sp³-hybridized carbons (Fsp3) is 0.0833. The summed E-state index contributed by atoms with van der Waals surface area (Å²) in [6.07, 6.45) is 1.70. The zero-order chi connectivity index (χ0) is 11.1. The second-order valence-electron chi connectivity index (χ2n) is 3.83. The van der Waals surface area contributed by atoms with Gasteiger partial charge in [0.25, 0.3) is 0 Å². The van der Waals surface area contributed by atoms with Gasteiger partial charge in [-0.3, -0.25) is 0 Å². The molecule has 3 aromatic rings. The number of nitrogens with zero attached hydrogens (tertiary/aromatic N) is 3. The first-order valence-electron chi connectivity index (χ1n) is 5.02. The van der Waals surface area contributed by atoms with Gasteiger partial charge in [0.15, 0.2) is 5.65 Å². The number of nitrogen functional groups attached to an aromatic ring is 1. The van der Waals surface area contributed by atoms with Crippen LogP contribution in [0, 0.1) is 6.92 Å². The molecular formula is C12H10N4. The molecule has 78 valence electrons. The van der Waals surface area contributed by atoms with E-state index in [2.05, 4.69) is 27.9 Å². The first-order valence-corrected chi connectivity index (χ1v) is 5.02. The molecule has 16 heavy (non-hydrogen) atoms. The van der Waals surface area contributed by atoms with Gasteiger partial charge in [-0.05, 0) is 25.1 Å². The third-order valence-electron chi connectivity index (χ3n) is 2.53. The van der Waals surface area contributed by atoms with Crippen LogP contribution in [0.25, 0.3) is 21.9 Å². The van der Waals surface area contributed by atoms with Crippen LogP contribution in [0.1, 0.15) is 5.56 Å². The summed E-state index contributed by atoms with van der Waals surface area (Å²) in [5, 5.41) is 2.01. The predicted octanol–water partition coefficient (Wildman–Crippen LogP) is 2.07. The minimum Gasteiger partial charge on any atom is -0.368 e. The number of fused-ring (bicyclic) bond motifs is 2. The number of hydrogen-bond acceptors (Lipinski definition) is 4. The molecule has 0 bridgehead atoms. The molecule has 4 heteroatoms. The van der Waals surface area contributed by atoms with Gasteiger partial charge >= 0.3 is 0 Å². The Bertz CT molecular complexity index is 629. The Balaban J connectivity index is 2.44. The molecule has 1 aromatic carbocycles. The van der Waals surface area contributed by atoms with Crippen molar-refractivity contribution in [1.82, 2.24) is 15.0 Å². The molecule has 0 unspecified atom stereocenters. The molecule has 2 N–H and O–H groups in total. The summed E-state index contributed by atoms with van der Waals surface area (Å²) in [4.78, 5) is 12.5. The second kappa shape index (κ2) is 3.13. The van der Waals surface area contributed by atoms with Crippen molar-refractivity contribution < 1.29 is 0 Å². The van der Waals surface area contributed by atoms with E-state index >= 15 is 0 Å². The zero-order valence-corrected chi connectivity index (χ0v) is 8.81. The lowest BCUT2D eigenvalue weighted by Gasteiger charge is -2.02. The van der Waals surface area contributed by atoms with E-state index in [1.807, 2.05) is 18.2 Å². The summed E-state index contributed by atoms with van der Waals surface area (Å²) in [5.74, 6) is 0.256. The normalized spacial score (nSPS) is 11.1. The van der Waals surface area contributed by atoms with Gasteiger partial charge < -0.3 is 5.73 Å². The van der Waals surface area contributed by atoms with Crippen molar-refractivity contribution in [2.24, 2.45) is 0 Å². The largest absolute Gasteiger partial charge is 0.368 e. The summed E-state index contributed by atoms with van der Waals surface area (Å²) >= 11 is 0. The van der Waals surface area contributed by atoms with Crippen LogP contribution in [0.4, 0.5) is 5.95 Å². The van der Waals surface area contributed by atoms with E-state index in [4.69, 9.17) is 5.73 Å². The van der Waals surface area contributed by atoms with Gasteiger partial charge in [0.2, 0.25) is 5.95 Å². The monoisotopic (exact) mass is 210 g/mol. The molecule has 0 saturated heterocycles. The average molecular weight is 210 g/mol. The maximum atomic E-state index is 5.53. The highest BCUT2D eigenvalue weighted by atomic mass is 15.0. The van der Waals surface area contributed by atoms with E-state index in [1.165, 1.54) is 5.56 Å². The number of anilines is 1. The Morgan fingerprint density at radius 3 is 2.81 bits per heavy atom. The highest BCUT2D eigenvalue weighted by Gasteiger charge is 2.02. The van der Waals surface area contributed by atoms with Crippen molar-refractivity contribution in [3.8, 4) is 0 Å². The second-order valence-corrected chi connectivity index (χ2v) is 3.83. The van der Waals surface area contributed by atoms with Gasteiger partial charge in [0.1, 0.15) is 0 Å². The maximum absolute atomic E-state index is 5.53. The molecule has 0 aliphatic heterocycles. The van der Waals surface area contributed by atoms with Crippen LogP contribution in [-0.2, 0) is 0 Å². The molecule has 3 rings (SSSR count). The Hall–Kier alpha value is -2.23. The highest BCUT2D eigenvalue weighted by Crippen LogP contribution is 2.19. The van der Waals surface area contributed by atoms with Crippen molar-refractivity contribution >= 4 is 27.9 Å². The molecule has 0 aliphatic carbocycles. The quantitative estimate of drug-likeness (QED) is 0.577. The fourth-order valence-electron chi connectivity index (χ4n) is 1.76. The molecule has 0 radical (unpaired) electrons. The zero-order valence-electron chi connectivity index (χ0n) is 8.81. The minimum atomic E-state index is 0.256. The van der Waals surface area contributed by atoms with Crippen LogP contribution in [0.3, 0.4) is 0 Å². The molecule has 0 fully saturated rings. The molecule has 0 saturated carbocycles. The maximum Gasteiger partial charge on any atom is 0.222 e. The smallest absolute Gasteiger partial charge is 0.222 e. The topological polar surface area (TPSA) is 64.7 Å². The molecule has 4 nitrogen and oxygen atoms in total. The molecule has 0 atom stereocenters. The van der Waals surface area contributed by atoms with Gasteiger partial charge in [-0.1, -0.05) is 11.6 Å². The molecule has 0 spiro atoms. The third-order valence-corrected chi connectivity index (χ3v) is 2.53. The van der Waals surface area contributed by atoms with Gasteiger partial charge in [-0.15, -0.1) is 0 Å². The summed E-state index contributed by atoms with van der Waals surface area (Å²) < 4.78 is 0. The van der Waals surface area contributed by atoms with Crippen molar-refractivity contribution in [1.29, 1.82) is 0 Å². The average Bonchev–Trinajstić information content (AvgIpc) is 2.26. The highest BCUT2D eigenvalue weighted by molar-refractivity contribution is 5.91. The number of nitrogens with two attached hydrogens (primary N) is 1. The Labute approximate surface area is 92.2 Å². The first kappa shape index (κ1) is 9.03. The van der Waals surface area contributed by atoms with E-state index in [-0.39, 0.29) is 5.95 Å². The van der Waals surface area contributed by atoms with Gasteiger partial charge in [-0.25, -0.2) is 9.97 Å². The summed E-state index contributed by atoms with van der Waals surface area (Å²) in [6, 6.07) is 8.15. The Kier molecular flexibility index (Phi) is 1.77. The molecular weight excluding hydrogens is 200 g/mol. The van der Waals surface area contributed by atoms with Crippen molar-refractivity contribution in [3.63, 3.8) is 0 Å². The van der Waals surface area contributed by atoms with Crippen LogP contribution in [0.5, 0.6) is 0 Å². The molecule has 2 heterocycles. The predicted molar refractivity (Wildman–Crippen MR) is 64.0 cm³/mol. The van der Waals surface area contributed by atoms with Crippen LogP contribution < -0.4 is 5.73 Å². The van der Waals surface area contributed by atoms with Crippen molar-refractivity contribution in [2.75, 3.05) is 5.73 Å². The third kappa shape index (κ3) is 1.35. The van der Waals surface area contributed by atoms with Gasteiger partial charge in [0, 0.05) is 17.0 Å². The van der Waals surface area contributed by atoms with E-state index in [0.717, 1.165) is 16.3 Å². The number of pyridine rings is 1. The number of benzene rings is 1. The Morgan fingerprint density at radius 2 is 1.94 bits per heavy atom. The van der Waals surface area contributed by atoms with Gasteiger partial charge in [-0.2, -0.15) is 4.98 Å². The summed E-state index contributed by atoms with van der Waals surface area (Å²) in [7, 11) is 0. The van der Waals surface area contributed by atoms with E-state index < -0.39 is 0 Å². The van der Waals surface area contributed by atoms with Crippen molar-refractivity contribution in [3.05, 3.63) is 36.0 Å². The van der Waals surface area contributed by atoms with Crippen molar-refractivity contribution in [2.45, 2.75) is 6.92 Å². The van der Waals surface area contributed by atoms with Crippen LogP contribution in [-0.4, -0.2) is 15.0 Å². The molecule has 0 aliphatic rings. The lowest BCUT2D eigenvalue weighted by Crippen LogP contribution is -1.95. The summed E-state index contributed by atoms with van der Waals surface area (Å²) in [6.45, 7) is 2.06. The standard InChI is InChI=1S/C12H10N4/c1-7-2-3-10-8(4-7)5-9-6-14-12(13)16-11(9)15-10/h2-6H,1H3,(H2,13,14,15,16). The Morgan fingerprint density at radius 1 is 1.06 bits per heavy atom. The SMILES string of the molecule is Cc1ccc2nc3nc(N)ncc3cc2c1. The number of hydrogen-bond donors (Lipinski definition) is 1. The number of aromatic nitrogens is 3. The van der Waals surface area contributed by atoms with E-state index in [9.17, 15) is 0 Å². The van der Waals surface area contributed by atoms with Crippen LogP contribution >= 0.6 is 0 Å². The lowest BCUT2D eigenvalue weighted by atomic mass is 10.1. The molecule has 2 aromatic heterocycles. The van der Waals surface area contributed by atoms with Gasteiger partial charge in [0.05, 0.1) is 5.52 Å². The van der Waals surface area contributed by atoms with E-state index in [1.54, 1.807) is 6.20 Å². The number of rotatable bonds is 0. The minimum absolute atomic E-state index is 0.256.